The van der Waals surface area contributed by atoms with Gasteiger partial charge in [-0.1, -0.05) is 12.1 Å². The van der Waals surface area contributed by atoms with E-state index in [1.807, 2.05) is 19.0 Å². The molecule has 9 heteroatoms. The Labute approximate surface area is 131 Å². The summed E-state index contributed by atoms with van der Waals surface area (Å²) in [5.74, 6) is -3.27. The molecule has 23 heavy (non-hydrogen) atoms. The maximum absolute atomic E-state index is 11.5. The van der Waals surface area contributed by atoms with Crippen LogP contribution < -0.4 is 0 Å². The second-order valence-electron chi connectivity index (χ2n) is 4.61. The molecule has 1 rings (SSSR count). The number of alkyl halides is 3. The molecule has 0 saturated heterocycles. The largest absolute Gasteiger partial charge is 0.507 e. The van der Waals surface area contributed by atoms with Crippen molar-refractivity contribution in [2.24, 2.45) is 0 Å². The van der Waals surface area contributed by atoms with Crippen molar-refractivity contribution in [2.75, 3.05) is 27.2 Å². The molecule has 2 N–H and O–H groups in total. The van der Waals surface area contributed by atoms with Crippen LogP contribution in [0, 0.1) is 0 Å². The van der Waals surface area contributed by atoms with Crippen LogP contribution in [-0.4, -0.2) is 60.5 Å². The molecule has 0 saturated carbocycles. The van der Waals surface area contributed by atoms with E-state index in [9.17, 15) is 23.1 Å². The number of rotatable bonds is 5. The summed E-state index contributed by atoms with van der Waals surface area (Å²) >= 11 is 0. The normalized spacial score (nSPS) is 10.7. The number of para-hydroxylation sites is 1. The lowest BCUT2D eigenvalue weighted by Gasteiger charge is -2.09. The monoisotopic (exact) mass is 337 g/mol. The summed E-state index contributed by atoms with van der Waals surface area (Å²) in [6.45, 7) is 1.24. The van der Waals surface area contributed by atoms with Crippen molar-refractivity contribution in [1.82, 2.24) is 4.90 Å². The van der Waals surface area contributed by atoms with E-state index in [-0.39, 0.29) is 11.3 Å². The number of phenols is 1. The minimum absolute atomic E-state index is 0.0416. The Morgan fingerprint density at radius 3 is 2.17 bits per heavy atom. The molecule has 1 aromatic carbocycles. The third-order valence-electron chi connectivity index (χ3n) is 2.35. The van der Waals surface area contributed by atoms with E-state index in [2.05, 4.69) is 0 Å². The number of carbonyl (C=O) groups is 2. The van der Waals surface area contributed by atoms with Gasteiger partial charge in [-0.25, -0.2) is 9.59 Å². The van der Waals surface area contributed by atoms with Gasteiger partial charge in [-0.05, 0) is 32.6 Å². The molecule has 1 aromatic rings. The maximum Gasteiger partial charge on any atom is 0.490 e. The number of aromatic hydroxyl groups is 1. The van der Waals surface area contributed by atoms with E-state index in [1.54, 1.807) is 18.2 Å². The fourth-order valence-corrected chi connectivity index (χ4v) is 1.27. The molecule has 0 atom stereocenters. The number of carbonyl (C=O) groups excluding carboxylic acids is 1. The lowest BCUT2D eigenvalue weighted by atomic mass is 10.2. The summed E-state index contributed by atoms with van der Waals surface area (Å²) in [5.41, 5.74) is 0.215. The number of nitrogens with zero attached hydrogens (tertiary/aromatic N) is 1. The van der Waals surface area contributed by atoms with Crippen molar-refractivity contribution >= 4 is 11.9 Å². The number of carboxylic acids is 1. The van der Waals surface area contributed by atoms with E-state index in [0.717, 1.165) is 13.0 Å². The number of phenolic OH excluding ortho intramolecular Hbond substituents is 1. The van der Waals surface area contributed by atoms with Gasteiger partial charge in [-0.3, -0.25) is 0 Å². The van der Waals surface area contributed by atoms with Crippen LogP contribution in [0.5, 0.6) is 5.75 Å². The molecule has 0 radical (unpaired) electrons. The predicted octanol–water partition coefficient (Wildman–Crippen LogP) is 2.13. The zero-order chi connectivity index (χ0) is 18.0. The first kappa shape index (κ1) is 20.7. The first-order valence-electron chi connectivity index (χ1n) is 6.45. The van der Waals surface area contributed by atoms with Gasteiger partial charge >= 0.3 is 18.1 Å². The van der Waals surface area contributed by atoms with Gasteiger partial charge in [-0.15, -0.1) is 0 Å². The molecule has 0 heterocycles. The molecule has 130 valence electrons. The highest BCUT2D eigenvalue weighted by atomic mass is 19.4. The van der Waals surface area contributed by atoms with E-state index in [1.165, 1.54) is 6.07 Å². The van der Waals surface area contributed by atoms with Gasteiger partial charge in [0, 0.05) is 6.54 Å². The van der Waals surface area contributed by atoms with E-state index in [4.69, 9.17) is 14.6 Å². The fourth-order valence-electron chi connectivity index (χ4n) is 1.27. The zero-order valence-electron chi connectivity index (χ0n) is 12.6. The highest BCUT2D eigenvalue weighted by molar-refractivity contribution is 5.92. The van der Waals surface area contributed by atoms with Crippen LogP contribution in [0.3, 0.4) is 0 Å². The van der Waals surface area contributed by atoms with Crippen LogP contribution in [0.4, 0.5) is 13.2 Å². The smallest absolute Gasteiger partial charge is 0.490 e. The molecular formula is C14H18F3NO5. The van der Waals surface area contributed by atoms with Crippen LogP contribution in [0.15, 0.2) is 24.3 Å². The molecule has 0 amide bonds. The van der Waals surface area contributed by atoms with Gasteiger partial charge < -0.3 is 19.8 Å². The third-order valence-corrected chi connectivity index (χ3v) is 2.35. The molecular weight excluding hydrogens is 319 g/mol. The molecule has 0 aliphatic rings. The predicted molar refractivity (Wildman–Crippen MR) is 75.3 cm³/mol. The average Bonchev–Trinajstić information content (AvgIpc) is 2.43. The van der Waals surface area contributed by atoms with Crippen LogP contribution >= 0.6 is 0 Å². The number of carboxylic acid groups (broad SMARTS) is 1. The van der Waals surface area contributed by atoms with E-state index < -0.39 is 18.1 Å². The SMILES string of the molecule is CN(C)CCCOC(=O)c1ccccc1O.O=C(O)C(F)(F)F. The number of aliphatic carboxylic acids is 1. The van der Waals surface area contributed by atoms with Crippen molar-refractivity contribution in [3.8, 4) is 5.75 Å². The molecule has 0 aliphatic heterocycles. The van der Waals surface area contributed by atoms with Crippen LogP contribution in [0.2, 0.25) is 0 Å². The molecule has 6 nitrogen and oxygen atoms in total. The summed E-state index contributed by atoms with van der Waals surface area (Å²) in [4.78, 5) is 22.4. The van der Waals surface area contributed by atoms with Crippen LogP contribution in [0.25, 0.3) is 0 Å². The Balaban J connectivity index is 0.000000585. The van der Waals surface area contributed by atoms with Crippen LogP contribution in [-0.2, 0) is 9.53 Å². The average molecular weight is 337 g/mol. The molecule has 0 bridgehead atoms. The van der Waals surface area contributed by atoms with Crippen molar-refractivity contribution < 1.29 is 37.7 Å². The van der Waals surface area contributed by atoms with Crippen molar-refractivity contribution in [3.63, 3.8) is 0 Å². The van der Waals surface area contributed by atoms with Gasteiger partial charge in [0.25, 0.3) is 0 Å². The van der Waals surface area contributed by atoms with E-state index in [0.29, 0.717) is 6.61 Å². The summed E-state index contributed by atoms with van der Waals surface area (Å²) in [6, 6.07) is 6.37. The van der Waals surface area contributed by atoms with Gasteiger partial charge in [0.05, 0.1) is 6.61 Å². The van der Waals surface area contributed by atoms with Gasteiger partial charge in [0.1, 0.15) is 11.3 Å². The molecule has 0 unspecified atom stereocenters. The second kappa shape index (κ2) is 9.67. The molecule has 0 aliphatic carbocycles. The first-order chi connectivity index (χ1) is 10.6. The Bertz CT molecular complexity index is 517. The Kier molecular flexibility index (Phi) is 8.71. The Morgan fingerprint density at radius 1 is 1.22 bits per heavy atom. The summed E-state index contributed by atoms with van der Waals surface area (Å²) in [7, 11) is 3.93. The summed E-state index contributed by atoms with van der Waals surface area (Å²) in [6.07, 6.45) is -4.30. The number of hydrogen-bond donors (Lipinski definition) is 2. The minimum atomic E-state index is -5.08. The molecule has 0 fully saturated rings. The number of benzene rings is 1. The lowest BCUT2D eigenvalue weighted by Crippen LogP contribution is -2.21. The van der Waals surface area contributed by atoms with E-state index >= 15 is 0 Å². The highest BCUT2D eigenvalue weighted by Crippen LogP contribution is 2.16. The molecule has 0 aromatic heterocycles. The standard InChI is InChI=1S/C12H17NO3.C2HF3O2/c1-13(2)8-5-9-16-12(15)10-6-3-4-7-11(10)14;3-2(4,5)1(6)7/h3-4,6-7,14H,5,8-9H2,1-2H3;(H,6,7). The van der Waals surface area contributed by atoms with Crippen molar-refractivity contribution in [3.05, 3.63) is 29.8 Å². The zero-order valence-corrected chi connectivity index (χ0v) is 12.6. The van der Waals surface area contributed by atoms with Crippen molar-refractivity contribution in [2.45, 2.75) is 12.6 Å². The Hall–Kier alpha value is -2.29. The highest BCUT2D eigenvalue weighted by Gasteiger charge is 2.38. The lowest BCUT2D eigenvalue weighted by molar-refractivity contribution is -0.192. The van der Waals surface area contributed by atoms with Crippen molar-refractivity contribution in [1.29, 1.82) is 0 Å². The summed E-state index contributed by atoms with van der Waals surface area (Å²) < 4.78 is 36.8. The first-order valence-corrected chi connectivity index (χ1v) is 6.45. The number of ether oxygens (including phenoxy) is 1. The quantitative estimate of drug-likeness (QED) is 0.632. The number of esters is 1. The molecule has 0 spiro atoms. The topological polar surface area (TPSA) is 87.1 Å². The minimum Gasteiger partial charge on any atom is -0.507 e. The van der Waals surface area contributed by atoms with Gasteiger partial charge in [0.15, 0.2) is 0 Å². The fraction of sp³-hybridized carbons (Fsp3) is 0.429. The maximum atomic E-state index is 11.5. The Morgan fingerprint density at radius 2 is 1.74 bits per heavy atom. The van der Waals surface area contributed by atoms with Crippen LogP contribution in [0.1, 0.15) is 16.8 Å². The second-order valence-corrected chi connectivity index (χ2v) is 4.61. The summed E-state index contributed by atoms with van der Waals surface area (Å²) in [5, 5.41) is 16.5. The van der Waals surface area contributed by atoms with Gasteiger partial charge in [0.2, 0.25) is 0 Å². The number of halogens is 3. The third kappa shape index (κ3) is 9.35. The number of hydrogen-bond acceptors (Lipinski definition) is 5. The van der Waals surface area contributed by atoms with Gasteiger partial charge in [-0.2, -0.15) is 13.2 Å².